The van der Waals surface area contributed by atoms with E-state index in [-0.39, 0.29) is 10.7 Å². The van der Waals surface area contributed by atoms with E-state index in [1.165, 1.54) is 0 Å². The molecule has 1 unspecified atom stereocenters. The lowest BCUT2D eigenvalue weighted by atomic mass is 10.2. The van der Waals surface area contributed by atoms with E-state index >= 15 is 0 Å². The average Bonchev–Trinajstić information content (AvgIpc) is 2.18. The third-order valence-corrected chi connectivity index (χ3v) is 2.11. The van der Waals surface area contributed by atoms with Gasteiger partial charge in [-0.05, 0) is 18.6 Å². The molecule has 0 aliphatic carbocycles. The van der Waals surface area contributed by atoms with Crippen LogP contribution < -0.4 is 10.5 Å². The Kier molecular flexibility index (Phi) is 3.96. The van der Waals surface area contributed by atoms with Crippen molar-refractivity contribution in [3.8, 4) is 5.75 Å². The van der Waals surface area contributed by atoms with Crippen molar-refractivity contribution in [1.82, 2.24) is 0 Å². The predicted molar refractivity (Wildman–Crippen MR) is 57.9 cm³/mol. The van der Waals surface area contributed by atoms with E-state index in [1.54, 1.807) is 6.92 Å². The van der Waals surface area contributed by atoms with Gasteiger partial charge in [-0.1, -0.05) is 19.1 Å². The zero-order chi connectivity index (χ0) is 11.4. The number of halogens is 2. The first-order valence-electron chi connectivity index (χ1n) is 4.45. The summed E-state index contributed by atoms with van der Waals surface area (Å²) in [6, 6.07) is 2.98. The van der Waals surface area contributed by atoms with Gasteiger partial charge in [0.05, 0.1) is 0 Å². The highest BCUT2D eigenvalue weighted by molar-refractivity contribution is 7.80. The Morgan fingerprint density at radius 3 is 2.73 bits per heavy atom. The van der Waals surface area contributed by atoms with Gasteiger partial charge in [0, 0.05) is 6.07 Å². The number of thiocarbonyl (C=S) groups is 1. The van der Waals surface area contributed by atoms with Crippen molar-refractivity contribution >= 4 is 17.2 Å². The molecule has 0 heterocycles. The number of nitrogens with two attached hydrogens (primary N) is 1. The summed E-state index contributed by atoms with van der Waals surface area (Å²) in [4.78, 5) is 0.126. The first-order valence-corrected chi connectivity index (χ1v) is 4.86. The number of rotatable bonds is 4. The molecule has 82 valence electrons. The van der Waals surface area contributed by atoms with Gasteiger partial charge >= 0.3 is 0 Å². The smallest absolute Gasteiger partial charge is 0.165 e. The fraction of sp³-hybridized carbons (Fsp3) is 0.300. The summed E-state index contributed by atoms with van der Waals surface area (Å²) < 4.78 is 31.1. The van der Waals surface area contributed by atoms with E-state index < -0.39 is 17.7 Å². The molecule has 2 N–H and O–H groups in total. The second-order valence-corrected chi connectivity index (χ2v) is 3.46. The first-order chi connectivity index (χ1) is 7.04. The van der Waals surface area contributed by atoms with E-state index in [0.29, 0.717) is 6.42 Å². The minimum absolute atomic E-state index is 0.126. The van der Waals surface area contributed by atoms with E-state index in [1.807, 2.05) is 0 Å². The number of benzene rings is 1. The minimum atomic E-state index is -0.633. The third kappa shape index (κ3) is 3.13. The van der Waals surface area contributed by atoms with Crippen LogP contribution in [-0.4, -0.2) is 11.1 Å². The highest BCUT2D eigenvalue weighted by Gasteiger charge is 2.14. The van der Waals surface area contributed by atoms with Crippen molar-refractivity contribution in [1.29, 1.82) is 0 Å². The Hall–Kier alpha value is -1.23. The molecule has 1 aromatic carbocycles. The molecule has 5 heteroatoms. The second kappa shape index (κ2) is 5.02. The quantitative estimate of drug-likeness (QED) is 0.808. The van der Waals surface area contributed by atoms with Crippen molar-refractivity contribution in [2.75, 3.05) is 0 Å². The molecule has 0 radical (unpaired) electrons. The van der Waals surface area contributed by atoms with Gasteiger partial charge < -0.3 is 10.5 Å². The van der Waals surface area contributed by atoms with Crippen LogP contribution in [0.15, 0.2) is 18.2 Å². The lowest BCUT2D eigenvalue weighted by molar-refractivity contribution is 0.250. The Morgan fingerprint density at radius 1 is 1.53 bits per heavy atom. The molecule has 0 aromatic heterocycles. The standard InChI is InChI=1S/C10H11F2NOS/c1-2-8(10(13)15)14-9-5-6(11)3-4-7(9)12/h3-5,8H,2H2,1H3,(H2,13,15). The summed E-state index contributed by atoms with van der Waals surface area (Å²) in [6.07, 6.45) is -0.0676. The molecule has 0 amide bonds. The molecule has 1 aromatic rings. The summed E-state index contributed by atoms with van der Waals surface area (Å²) in [5, 5.41) is 0. The lowest BCUT2D eigenvalue weighted by Gasteiger charge is -2.16. The molecule has 2 nitrogen and oxygen atoms in total. The largest absolute Gasteiger partial charge is 0.480 e. The average molecular weight is 231 g/mol. The molecule has 15 heavy (non-hydrogen) atoms. The topological polar surface area (TPSA) is 35.2 Å². The van der Waals surface area contributed by atoms with Gasteiger partial charge in [0.15, 0.2) is 11.6 Å². The summed E-state index contributed by atoms with van der Waals surface area (Å²) >= 11 is 4.73. The molecule has 0 saturated heterocycles. The Bertz CT molecular complexity index is 370. The number of hydrogen-bond acceptors (Lipinski definition) is 2. The summed E-state index contributed by atoms with van der Waals surface area (Å²) in [7, 11) is 0. The van der Waals surface area contributed by atoms with Crippen LogP contribution in [0.5, 0.6) is 5.75 Å². The van der Waals surface area contributed by atoms with E-state index in [2.05, 4.69) is 0 Å². The summed E-state index contributed by atoms with van der Waals surface area (Å²) in [5.74, 6) is -1.37. The maximum Gasteiger partial charge on any atom is 0.165 e. The van der Waals surface area contributed by atoms with E-state index in [9.17, 15) is 8.78 Å². The maximum absolute atomic E-state index is 13.2. The molecule has 0 bridgehead atoms. The fourth-order valence-electron chi connectivity index (χ4n) is 1.06. The number of hydrogen-bond donors (Lipinski definition) is 1. The van der Waals surface area contributed by atoms with Gasteiger partial charge in [-0.2, -0.15) is 0 Å². The van der Waals surface area contributed by atoms with Crippen LogP contribution in [0.25, 0.3) is 0 Å². The van der Waals surface area contributed by atoms with Crippen LogP contribution in [0.3, 0.4) is 0 Å². The van der Waals surface area contributed by atoms with Crippen molar-refractivity contribution in [3.63, 3.8) is 0 Å². The molecule has 0 aliphatic rings. The van der Waals surface area contributed by atoms with Crippen molar-refractivity contribution in [2.45, 2.75) is 19.4 Å². The minimum Gasteiger partial charge on any atom is -0.480 e. The van der Waals surface area contributed by atoms with Crippen LogP contribution in [-0.2, 0) is 0 Å². The first kappa shape index (κ1) is 11.8. The van der Waals surface area contributed by atoms with Crippen LogP contribution in [0.1, 0.15) is 13.3 Å². The normalized spacial score (nSPS) is 12.2. The van der Waals surface area contributed by atoms with Gasteiger partial charge in [0.25, 0.3) is 0 Å². The van der Waals surface area contributed by atoms with Crippen molar-refractivity contribution in [2.24, 2.45) is 5.73 Å². The van der Waals surface area contributed by atoms with Gasteiger partial charge in [0.1, 0.15) is 16.9 Å². The Morgan fingerprint density at radius 2 is 2.20 bits per heavy atom. The molecule has 1 atom stereocenters. The SMILES string of the molecule is CCC(Oc1cc(F)ccc1F)C(N)=S. The molecule has 0 aliphatic heterocycles. The van der Waals surface area contributed by atoms with Crippen LogP contribution in [0.2, 0.25) is 0 Å². The van der Waals surface area contributed by atoms with Gasteiger partial charge in [0.2, 0.25) is 0 Å². The Balaban J connectivity index is 2.87. The van der Waals surface area contributed by atoms with Gasteiger partial charge in [-0.25, -0.2) is 8.78 Å². The van der Waals surface area contributed by atoms with E-state index in [0.717, 1.165) is 18.2 Å². The van der Waals surface area contributed by atoms with E-state index in [4.69, 9.17) is 22.7 Å². The van der Waals surface area contributed by atoms with Crippen molar-refractivity contribution in [3.05, 3.63) is 29.8 Å². The fourth-order valence-corrected chi connectivity index (χ4v) is 1.28. The van der Waals surface area contributed by atoms with Gasteiger partial charge in [-0.3, -0.25) is 0 Å². The predicted octanol–water partition coefficient (Wildman–Crippen LogP) is 2.41. The van der Waals surface area contributed by atoms with Crippen molar-refractivity contribution < 1.29 is 13.5 Å². The van der Waals surface area contributed by atoms with Gasteiger partial charge in [-0.15, -0.1) is 0 Å². The number of ether oxygens (including phenoxy) is 1. The molecule has 0 saturated carbocycles. The third-order valence-electron chi connectivity index (χ3n) is 1.85. The summed E-state index contributed by atoms with van der Waals surface area (Å²) in [6.45, 7) is 1.79. The molecular weight excluding hydrogens is 220 g/mol. The zero-order valence-electron chi connectivity index (χ0n) is 8.17. The lowest BCUT2D eigenvalue weighted by Crippen LogP contribution is -2.31. The van der Waals surface area contributed by atoms with Crippen LogP contribution in [0.4, 0.5) is 8.78 Å². The highest BCUT2D eigenvalue weighted by Crippen LogP contribution is 2.20. The second-order valence-electron chi connectivity index (χ2n) is 2.99. The monoisotopic (exact) mass is 231 g/mol. The highest BCUT2D eigenvalue weighted by atomic mass is 32.1. The molecule has 1 rings (SSSR count). The molecular formula is C10H11F2NOS. The Labute approximate surface area is 92.0 Å². The van der Waals surface area contributed by atoms with Crippen LogP contribution >= 0.6 is 12.2 Å². The maximum atomic E-state index is 13.2. The summed E-state index contributed by atoms with van der Waals surface area (Å²) in [5.41, 5.74) is 5.37. The molecule has 0 fully saturated rings. The molecule has 0 spiro atoms. The zero-order valence-corrected chi connectivity index (χ0v) is 8.98. The van der Waals surface area contributed by atoms with Crippen LogP contribution in [0, 0.1) is 11.6 Å².